The van der Waals surface area contributed by atoms with Crippen LogP contribution in [0.4, 0.5) is 11.8 Å². The lowest BCUT2D eigenvalue weighted by Crippen LogP contribution is -2.37. The van der Waals surface area contributed by atoms with Crippen LogP contribution in [0.1, 0.15) is 49.9 Å². The number of anilines is 2. The number of amides is 1. The molecule has 0 bridgehead atoms. The van der Waals surface area contributed by atoms with Gasteiger partial charge in [0.15, 0.2) is 0 Å². The molecule has 2 aromatic rings. The van der Waals surface area contributed by atoms with Crippen molar-refractivity contribution in [1.82, 2.24) is 15.3 Å². The van der Waals surface area contributed by atoms with E-state index in [1.807, 2.05) is 63.2 Å². The molecule has 7 heteroatoms. The van der Waals surface area contributed by atoms with E-state index in [-0.39, 0.29) is 17.9 Å². The molecule has 1 aliphatic rings. The van der Waals surface area contributed by atoms with E-state index < -0.39 is 0 Å². The highest BCUT2D eigenvalue weighted by Gasteiger charge is 2.27. The molecule has 3 rings (SSSR count). The van der Waals surface area contributed by atoms with Crippen LogP contribution in [0.5, 0.6) is 5.75 Å². The summed E-state index contributed by atoms with van der Waals surface area (Å²) in [6, 6.07) is 10.0. The highest BCUT2D eigenvalue weighted by Crippen LogP contribution is 2.28. The van der Waals surface area contributed by atoms with Crippen molar-refractivity contribution in [2.75, 3.05) is 31.4 Å². The van der Waals surface area contributed by atoms with Crippen molar-refractivity contribution in [3.05, 3.63) is 41.6 Å². The van der Waals surface area contributed by atoms with E-state index in [2.05, 4.69) is 20.6 Å². The van der Waals surface area contributed by atoms with Crippen molar-refractivity contribution in [1.29, 1.82) is 0 Å². The van der Waals surface area contributed by atoms with Gasteiger partial charge in [0.2, 0.25) is 11.9 Å². The van der Waals surface area contributed by atoms with Gasteiger partial charge in [-0.1, -0.05) is 12.1 Å². The number of carbonyl (C=O) groups is 1. The molecule has 1 saturated carbocycles. The Morgan fingerprint density at radius 2 is 1.90 bits per heavy atom. The molecule has 7 nitrogen and oxygen atoms in total. The summed E-state index contributed by atoms with van der Waals surface area (Å²) in [6.45, 7) is 3.99. The Morgan fingerprint density at radius 3 is 2.57 bits per heavy atom. The number of aryl methyl sites for hydroxylation is 1. The van der Waals surface area contributed by atoms with Crippen molar-refractivity contribution in [3.8, 4) is 5.75 Å². The monoisotopic (exact) mass is 411 g/mol. The maximum atomic E-state index is 12.8. The lowest BCUT2D eigenvalue weighted by molar-refractivity contribution is -0.126. The Balaban J connectivity index is 1.52. The summed E-state index contributed by atoms with van der Waals surface area (Å²) in [5.74, 6) is 2.54. The second-order valence-corrected chi connectivity index (χ2v) is 8.29. The number of nitrogens with zero attached hydrogens (tertiary/aromatic N) is 3. The summed E-state index contributed by atoms with van der Waals surface area (Å²) in [5.41, 5.74) is 1.99. The molecular formula is C23H33N5O2. The van der Waals surface area contributed by atoms with Gasteiger partial charge in [-0.25, -0.2) is 4.98 Å². The number of carbonyl (C=O) groups excluding carboxylic acids is 1. The summed E-state index contributed by atoms with van der Waals surface area (Å²) in [5, 5.41) is 6.63. The molecule has 1 unspecified atom stereocenters. The van der Waals surface area contributed by atoms with Crippen LogP contribution in [-0.4, -0.2) is 43.1 Å². The van der Waals surface area contributed by atoms with Crippen LogP contribution in [0.15, 0.2) is 30.3 Å². The first-order valence-electron chi connectivity index (χ1n) is 10.6. The van der Waals surface area contributed by atoms with Gasteiger partial charge in [0.05, 0.1) is 13.2 Å². The highest BCUT2D eigenvalue weighted by atomic mass is 16.5. The number of aromatic nitrogens is 2. The molecule has 0 spiro atoms. The maximum Gasteiger partial charge on any atom is 0.225 e. The van der Waals surface area contributed by atoms with Crippen LogP contribution in [0.25, 0.3) is 0 Å². The van der Waals surface area contributed by atoms with Crippen LogP contribution in [0.2, 0.25) is 0 Å². The van der Waals surface area contributed by atoms with E-state index in [4.69, 9.17) is 4.74 Å². The number of benzene rings is 1. The minimum atomic E-state index is -0.0476. The summed E-state index contributed by atoms with van der Waals surface area (Å²) >= 11 is 0. The second-order valence-electron chi connectivity index (χ2n) is 8.29. The van der Waals surface area contributed by atoms with E-state index >= 15 is 0 Å². The standard InChI is InChI=1S/C23H33N5O2/c1-15-13-21(28(3)4)27-23(24-15)26-19-11-9-17(10-12-19)22(29)25-16(2)18-7-6-8-20(14-18)30-5/h6-8,13-14,16-17,19H,9-12H2,1-5H3,(H,25,29)(H,24,26,27)/t16?,17-,19+. The number of hydrogen-bond acceptors (Lipinski definition) is 6. The number of hydrogen-bond donors (Lipinski definition) is 2. The summed E-state index contributed by atoms with van der Waals surface area (Å²) in [7, 11) is 5.60. The SMILES string of the molecule is COc1cccc(C(C)NC(=O)[C@H]2CC[C@@H](Nc3nc(C)cc(N(C)C)n3)CC2)c1. The van der Waals surface area contributed by atoms with Gasteiger partial charge >= 0.3 is 0 Å². The zero-order chi connectivity index (χ0) is 21.7. The van der Waals surface area contributed by atoms with Gasteiger partial charge in [-0.2, -0.15) is 4.98 Å². The first-order chi connectivity index (χ1) is 14.4. The Morgan fingerprint density at radius 1 is 1.17 bits per heavy atom. The van der Waals surface area contributed by atoms with Crippen molar-refractivity contribution in [2.45, 2.75) is 51.6 Å². The topological polar surface area (TPSA) is 79.4 Å². The van der Waals surface area contributed by atoms with Gasteiger partial charge in [-0.3, -0.25) is 4.79 Å². The normalized spacial score (nSPS) is 19.6. The van der Waals surface area contributed by atoms with Crippen molar-refractivity contribution in [2.24, 2.45) is 5.92 Å². The van der Waals surface area contributed by atoms with Gasteiger partial charge in [-0.05, 0) is 57.2 Å². The molecule has 1 aliphatic carbocycles. The summed E-state index contributed by atoms with van der Waals surface area (Å²) < 4.78 is 5.28. The van der Waals surface area contributed by atoms with E-state index in [1.165, 1.54) is 0 Å². The predicted octanol–water partition coefficient (Wildman–Crippen LogP) is 3.71. The van der Waals surface area contributed by atoms with Gasteiger partial charge < -0.3 is 20.3 Å². The molecule has 1 aromatic heterocycles. The Bertz CT molecular complexity index is 862. The molecule has 162 valence electrons. The largest absolute Gasteiger partial charge is 0.497 e. The lowest BCUT2D eigenvalue weighted by atomic mass is 9.85. The van der Waals surface area contributed by atoms with Crippen LogP contribution in [-0.2, 0) is 4.79 Å². The molecule has 1 atom stereocenters. The Hall–Kier alpha value is -2.83. The van der Waals surface area contributed by atoms with E-state index in [1.54, 1.807) is 7.11 Å². The number of nitrogens with one attached hydrogen (secondary N) is 2. The zero-order valence-electron chi connectivity index (χ0n) is 18.6. The van der Waals surface area contributed by atoms with Crippen molar-refractivity contribution >= 4 is 17.7 Å². The minimum Gasteiger partial charge on any atom is -0.497 e. The second kappa shape index (κ2) is 9.78. The maximum absolute atomic E-state index is 12.8. The Labute approximate surface area is 179 Å². The van der Waals surface area contributed by atoms with E-state index in [0.717, 1.165) is 48.5 Å². The third kappa shape index (κ3) is 5.62. The fourth-order valence-corrected chi connectivity index (χ4v) is 3.85. The van der Waals surface area contributed by atoms with Crippen molar-refractivity contribution in [3.63, 3.8) is 0 Å². The molecule has 2 N–H and O–H groups in total. The first kappa shape index (κ1) is 21.9. The van der Waals surface area contributed by atoms with Crippen LogP contribution in [0.3, 0.4) is 0 Å². The van der Waals surface area contributed by atoms with Crippen molar-refractivity contribution < 1.29 is 9.53 Å². The average Bonchev–Trinajstić information content (AvgIpc) is 2.73. The van der Waals surface area contributed by atoms with E-state index in [9.17, 15) is 4.79 Å². The third-order valence-corrected chi connectivity index (χ3v) is 5.68. The van der Waals surface area contributed by atoms with E-state index in [0.29, 0.717) is 12.0 Å². The number of methoxy groups -OCH3 is 1. The van der Waals surface area contributed by atoms with Gasteiger partial charge in [0.1, 0.15) is 11.6 Å². The summed E-state index contributed by atoms with van der Waals surface area (Å²) in [6.07, 6.45) is 3.59. The molecule has 1 aromatic carbocycles. The fourth-order valence-electron chi connectivity index (χ4n) is 3.85. The van der Waals surface area contributed by atoms with Crippen LogP contribution >= 0.6 is 0 Å². The molecule has 0 saturated heterocycles. The Kier molecular flexibility index (Phi) is 7.13. The average molecular weight is 412 g/mol. The molecule has 0 aliphatic heterocycles. The molecular weight excluding hydrogens is 378 g/mol. The molecule has 1 amide bonds. The van der Waals surface area contributed by atoms with Gasteiger partial charge in [-0.15, -0.1) is 0 Å². The number of rotatable bonds is 7. The quantitative estimate of drug-likeness (QED) is 0.723. The molecule has 0 radical (unpaired) electrons. The third-order valence-electron chi connectivity index (χ3n) is 5.68. The zero-order valence-corrected chi connectivity index (χ0v) is 18.6. The highest BCUT2D eigenvalue weighted by molar-refractivity contribution is 5.79. The smallest absolute Gasteiger partial charge is 0.225 e. The molecule has 30 heavy (non-hydrogen) atoms. The summed E-state index contributed by atoms with van der Waals surface area (Å²) in [4.78, 5) is 23.8. The number of ether oxygens (including phenoxy) is 1. The first-order valence-corrected chi connectivity index (χ1v) is 10.6. The van der Waals surface area contributed by atoms with Crippen LogP contribution < -0.4 is 20.3 Å². The minimum absolute atomic E-state index is 0.0476. The van der Waals surface area contributed by atoms with Gasteiger partial charge in [0, 0.05) is 37.8 Å². The van der Waals surface area contributed by atoms with Gasteiger partial charge in [0.25, 0.3) is 0 Å². The predicted molar refractivity (Wildman–Crippen MR) is 120 cm³/mol. The lowest BCUT2D eigenvalue weighted by Gasteiger charge is -2.29. The molecule has 1 fully saturated rings. The molecule has 1 heterocycles. The fraction of sp³-hybridized carbons (Fsp3) is 0.522. The van der Waals surface area contributed by atoms with Crippen LogP contribution in [0, 0.1) is 12.8 Å².